The second-order valence-corrected chi connectivity index (χ2v) is 7.72. The Bertz CT molecular complexity index is 893. The van der Waals surface area contributed by atoms with Crippen molar-refractivity contribution in [2.24, 2.45) is 10.2 Å². The minimum atomic E-state index is -0.292. The van der Waals surface area contributed by atoms with Gasteiger partial charge in [-0.15, -0.1) is 5.10 Å². The van der Waals surface area contributed by atoms with E-state index in [4.69, 9.17) is 0 Å². The van der Waals surface area contributed by atoms with Gasteiger partial charge in [0.1, 0.15) is 5.82 Å². The van der Waals surface area contributed by atoms with Crippen LogP contribution in [0.25, 0.3) is 0 Å². The Hall–Kier alpha value is -2.47. The summed E-state index contributed by atoms with van der Waals surface area (Å²) in [6.07, 6.45) is 2.44. The lowest BCUT2D eigenvalue weighted by molar-refractivity contribution is -0.126. The number of aryl methyl sites for hydroxylation is 2. The molecule has 0 saturated carbocycles. The van der Waals surface area contributed by atoms with Crippen LogP contribution in [0.5, 0.6) is 0 Å². The number of amides is 1. The molecule has 1 amide bonds. The first kappa shape index (κ1) is 19.3. The summed E-state index contributed by atoms with van der Waals surface area (Å²) < 4.78 is 13.1. The van der Waals surface area contributed by atoms with Gasteiger partial charge in [-0.05, 0) is 49.1 Å². The van der Waals surface area contributed by atoms with Crippen molar-refractivity contribution >= 4 is 29.1 Å². The van der Waals surface area contributed by atoms with Crippen LogP contribution in [-0.2, 0) is 11.3 Å². The molecule has 27 heavy (non-hydrogen) atoms. The van der Waals surface area contributed by atoms with Crippen molar-refractivity contribution in [2.45, 2.75) is 39.0 Å². The van der Waals surface area contributed by atoms with E-state index in [1.165, 1.54) is 29.5 Å². The minimum Gasteiger partial charge on any atom is -0.284 e. The van der Waals surface area contributed by atoms with E-state index in [-0.39, 0.29) is 17.0 Å². The Labute approximate surface area is 163 Å². The predicted molar refractivity (Wildman–Crippen MR) is 110 cm³/mol. The maximum atomic E-state index is 13.1. The zero-order valence-electron chi connectivity index (χ0n) is 15.6. The maximum absolute atomic E-state index is 13.1. The number of thioether (sulfide) groups is 1. The zero-order chi connectivity index (χ0) is 19.4. The number of nitrogens with zero attached hydrogens (tertiary/aromatic N) is 3. The van der Waals surface area contributed by atoms with E-state index in [1.807, 2.05) is 32.9 Å². The smallest absolute Gasteiger partial charge is 0.242 e. The molecule has 0 radical (unpaired) electrons. The monoisotopic (exact) mass is 383 g/mol. The molecule has 0 N–H and O–H groups in total. The van der Waals surface area contributed by atoms with Crippen LogP contribution in [0.3, 0.4) is 0 Å². The van der Waals surface area contributed by atoms with Crippen molar-refractivity contribution in [2.75, 3.05) is 0 Å². The van der Waals surface area contributed by atoms with Gasteiger partial charge >= 0.3 is 0 Å². The SMILES string of the molecule is CC[C@@H]1S/C(=N/N=C\c2ccc(C)cc2C)N(Cc2ccc(F)cc2)C1=O. The van der Waals surface area contributed by atoms with Crippen molar-refractivity contribution in [1.29, 1.82) is 0 Å². The molecule has 1 fully saturated rings. The van der Waals surface area contributed by atoms with Crippen molar-refractivity contribution in [3.05, 3.63) is 70.5 Å². The highest BCUT2D eigenvalue weighted by Gasteiger charge is 2.36. The lowest BCUT2D eigenvalue weighted by atomic mass is 10.1. The van der Waals surface area contributed by atoms with Crippen molar-refractivity contribution < 1.29 is 9.18 Å². The van der Waals surface area contributed by atoms with E-state index in [9.17, 15) is 9.18 Å². The minimum absolute atomic E-state index is 0.0206. The topological polar surface area (TPSA) is 45.0 Å². The number of rotatable bonds is 5. The third kappa shape index (κ3) is 4.63. The lowest BCUT2D eigenvalue weighted by Gasteiger charge is -2.15. The molecule has 1 heterocycles. The summed E-state index contributed by atoms with van der Waals surface area (Å²) >= 11 is 1.43. The highest BCUT2D eigenvalue weighted by molar-refractivity contribution is 8.15. The van der Waals surface area contributed by atoms with Gasteiger partial charge in [0.25, 0.3) is 0 Å². The summed E-state index contributed by atoms with van der Waals surface area (Å²) in [7, 11) is 0. The van der Waals surface area contributed by atoms with Gasteiger partial charge < -0.3 is 0 Å². The molecule has 4 nitrogen and oxygen atoms in total. The molecule has 1 aliphatic heterocycles. The Morgan fingerprint density at radius 2 is 1.93 bits per heavy atom. The van der Waals surface area contributed by atoms with Crippen molar-refractivity contribution in [1.82, 2.24) is 4.90 Å². The van der Waals surface area contributed by atoms with Gasteiger partial charge in [-0.3, -0.25) is 9.69 Å². The molecule has 0 bridgehead atoms. The summed E-state index contributed by atoms with van der Waals surface area (Å²) in [6.45, 7) is 6.42. The molecule has 2 aromatic rings. The van der Waals surface area contributed by atoms with Crippen LogP contribution < -0.4 is 0 Å². The molecule has 0 aromatic heterocycles. The van der Waals surface area contributed by atoms with E-state index in [1.54, 1.807) is 23.2 Å². The summed E-state index contributed by atoms with van der Waals surface area (Å²) in [4.78, 5) is 14.3. The van der Waals surface area contributed by atoms with Crippen molar-refractivity contribution in [3.63, 3.8) is 0 Å². The molecule has 3 rings (SSSR count). The summed E-state index contributed by atoms with van der Waals surface area (Å²) in [5.74, 6) is -0.272. The molecule has 140 valence electrons. The van der Waals surface area contributed by atoms with Crippen LogP contribution in [0.1, 0.15) is 35.6 Å². The number of hydrogen-bond donors (Lipinski definition) is 0. The molecular formula is C21H22FN3OS. The third-order valence-electron chi connectivity index (χ3n) is 4.41. The van der Waals surface area contributed by atoms with Gasteiger partial charge in [-0.1, -0.05) is 54.6 Å². The normalized spacial score (nSPS) is 18.8. The predicted octanol–water partition coefficient (Wildman–Crippen LogP) is 4.69. The highest BCUT2D eigenvalue weighted by Crippen LogP contribution is 2.30. The first-order valence-electron chi connectivity index (χ1n) is 8.88. The molecule has 1 saturated heterocycles. The van der Waals surface area contributed by atoms with Crippen LogP contribution in [0.2, 0.25) is 0 Å². The number of benzene rings is 2. The van der Waals surface area contributed by atoms with Crippen LogP contribution in [0, 0.1) is 19.7 Å². The van der Waals surface area contributed by atoms with Gasteiger partial charge in [0, 0.05) is 0 Å². The lowest BCUT2D eigenvalue weighted by Crippen LogP contribution is -2.31. The number of halogens is 1. The molecule has 1 atom stereocenters. The van der Waals surface area contributed by atoms with E-state index >= 15 is 0 Å². The number of carbonyl (C=O) groups is 1. The fourth-order valence-electron chi connectivity index (χ4n) is 2.87. The fraction of sp³-hybridized carbons (Fsp3) is 0.286. The highest BCUT2D eigenvalue weighted by atomic mass is 32.2. The van der Waals surface area contributed by atoms with Gasteiger partial charge in [-0.2, -0.15) is 5.10 Å². The van der Waals surface area contributed by atoms with Crippen LogP contribution in [0.15, 0.2) is 52.7 Å². The third-order valence-corrected chi connectivity index (χ3v) is 5.74. The number of carbonyl (C=O) groups excluding carboxylic acids is 1. The zero-order valence-corrected chi connectivity index (χ0v) is 16.5. The number of amidine groups is 1. The van der Waals surface area contributed by atoms with Gasteiger partial charge in [0.05, 0.1) is 18.0 Å². The average Bonchev–Trinajstić information content (AvgIpc) is 2.94. The Morgan fingerprint density at radius 3 is 2.59 bits per heavy atom. The Kier molecular flexibility index (Phi) is 6.06. The van der Waals surface area contributed by atoms with Crippen LogP contribution in [-0.4, -0.2) is 27.4 Å². The first-order valence-corrected chi connectivity index (χ1v) is 9.76. The van der Waals surface area contributed by atoms with Gasteiger partial charge in [-0.25, -0.2) is 4.39 Å². The number of hydrogen-bond acceptors (Lipinski definition) is 4. The average molecular weight is 383 g/mol. The summed E-state index contributed by atoms with van der Waals surface area (Å²) in [6, 6.07) is 12.3. The van der Waals surface area contributed by atoms with Crippen molar-refractivity contribution in [3.8, 4) is 0 Å². The van der Waals surface area contributed by atoms with Gasteiger partial charge in [0.2, 0.25) is 5.91 Å². The Balaban J connectivity index is 1.81. The molecule has 6 heteroatoms. The molecule has 1 aliphatic rings. The quantitative estimate of drug-likeness (QED) is 0.556. The van der Waals surface area contributed by atoms with E-state index in [2.05, 4.69) is 16.3 Å². The van der Waals surface area contributed by atoms with E-state index in [0.717, 1.165) is 23.1 Å². The second-order valence-electron chi connectivity index (χ2n) is 6.55. The standard InChI is InChI=1S/C21H22FN3OS/c1-4-19-20(26)25(13-16-6-9-18(22)10-7-16)21(27-19)24-23-12-17-8-5-14(2)11-15(17)3/h5-12,19H,4,13H2,1-3H3/b23-12-,24-21+/t19-/m0/s1. The van der Waals surface area contributed by atoms with Gasteiger partial charge in [0.15, 0.2) is 5.17 Å². The Morgan fingerprint density at radius 1 is 1.19 bits per heavy atom. The molecule has 0 spiro atoms. The largest absolute Gasteiger partial charge is 0.284 e. The van der Waals surface area contributed by atoms with E-state index < -0.39 is 0 Å². The van der Waals surface area contributed by atoms with E-state index in [0.29, 0.717) is 11.7 Å². The molecule has 0 unspecified atom stereocenters. The maximum Gasteiger partial charge on any atom is 0.242 e. The molecule has 0 aliphatic carbocycles. The second kappa shape index (κ2) is 8.48. The fourth-order valence-corrected chi connectivity index (χ4v) is 3.90. The summed E-state index contributed by atoms with van der Waals surface area (Å²) in [5.41, 5.74) is 4.18. The summed E-state index contributed by atoms with van der Waals surface area (Å²) in [5, 5.41) is 8.95. The first-order chi connectivity index (χ1) is 13.0. The molecule has 2 aromatic carbocycles. The molecular weight excluding hydrogens is 361 g/mol. The van der Waals surface area contributed by atoms with Crippen LogP contribution in [0.4, 0.5) is 4.39 Å². The van der Waals surface area contributed by atoms with Crippen LogP contribution >= 0.6 is 11.8 Å².